The van der Waals surface area contributed by atoms with Crippen LogP contribution in [0.3, 0.4) is 0 Å². The highest BCUT2D eigenvalue weighted by molar-refractivity contribution is 5.80. The molecule has 0 saturated carbocycles. The SMILES string of the molecule is COc1cccc(OC(C)C(=O)NCCCC(=O)O)c1. The number of hydrogen-bond donors (Lipinski definition) is 2. The Kier molecular flexibility index (Phi) is 6.36. The van der Waals surface area contributed by atoms with Crippen LogP contribution in [0.4, 0.5) is 0 Å². The Morgan fingerprint density at radius 3 is 2.70 bits per heavy atom. The molecule has 0 heterocycles. The summed E-state index contributed by atoms with van der Waals surface area (Å²) < 4.78 is 10.6. The fourth-order valence-corrected chi connectivity index (χ4v) is 1.53. The molecule has 1 amide bonds. The zero-order valence-corrected chi connectivity index (χ0v) is 11.6. The summed E-state index contributed by atoms with van der Waals surface area (Å²) in [5.74, 6) is 0.0345. The molecule has 110 valence electrons. The summed E-state index contributed by atoms with van der Waals surface area (Å²) in [4.78, 5) is 22.1. The maximum Gasteiger partial charge on any atom is 0.303 e. The molecule has 6 heteroatoms. The van der Waals surface area contributed by atoms with Crippen molar-refractivity contribution in [2.75, 3.05) is 13.7 Å². The van der Waals surface area contributed by atoms with Gasteiger partial charge in [0, 0.05) is 19.0 Å². The number of carboxylic acids is 1. The van der Waals surface area contributed by atoms with Crippen LogP contribution in [0.2, 0.25) is 0 Å². The van der Waals surface area contributed by atoms with Gasteiger partial charge in [-0.2, -0.15) is 0 Å². The van der Waals surface area contributed by atoms with Crippen LogP contribution in [0.1, 0.15) is 19.8 Å². The van der Waals surface area contributed by atoms with Gasteiger partial charge in [0.15, 0.2) is 6.10 Å². The molecule has 0 radical (unpaired) electrons. The van der Waals surface area contributed by atoms with Crippen molar-refractivity contribution in [1.82, 2.24) is 5.32 Å². The number of carbonyl (C=O) groups is 2. The van der Waals surface area contributed by atoms with Crippen molar-refractivity contribution in [2.24, 2.45) is 0 Å². The maximum absolute atomic E-state index is 11.7. The molecule has 1 unspecified atom stereocenters. The number of rotatable bonds is 8. The van der Waals surface area contributed by atoms with Crippen molar-refractivity contribution < 1.29 is 24.2 Å². The third kappa shape index (κ3) is 5.60. The van der Waals surface area contributed by atoms with Crippen LogP contribution in [0.25, 0.3) is 0 Å². The first-order valence-corrected chi connectivity index (χ1v) is 6.33. The third-order valence-corrected chi connectivity index (χ3v) is 2.59. The Labute approximate surface area is 117 Å². The predicted molar refractivity (Wildman–Crippen MR) is 73.0 cm³/mol. The van der Waals surface area contributed by atoms with Gasteiger partial charge in [-0.05, 0) is 25.5 Å². The molecular weight excluding hydrogens is 262 g/mol. The standard InChI is InChI=1S/C14H19NO5/c1-10(14(18)15-8-4-7-13(16)17)20-12-6-3-5-11(9-12)19-2/h3,5-6,9-10H,4,7-8H2,1-2H3,(H,15,18)(H,16,17). The van der Waals surface area contributed by atoms with Gasteiger partial charge in [0.25, 0.3) is 5.91 Å². The van der Waals surface area contributed by atoms with Crippen molar-refractivity contribution in [3.8, 4) is 11.5 Å². The molecule has 1 rings (SSSR count). The molecule has 1 aromatic carbocycles. The monoisotopic (exact) mass is 281 g/mol. The highest BCUT2D eigenvalue weighted by Crippen LogP contribution is 2.19. The van der Waals surface area contributed by atoms with Crippen LogP contribution in [0.15, 0.2) is 24.3 Å². The zero-order valence-electron chi connectivity index (χ0n) is 11.6. The fraction of sp³-hybridized carbons (Fsp3) is 0.429. The van der Waals surface area contributed by atoms with E-state index in [0.29, 0.717) is 24.5 Å². The topological polar surface area (TPSA) is 84.9 Å². The van der Waals surface area contributed by atoms with E-state index >= 15 is 0 Å². The smallest absolute Gasteiger partial charge is 0.303 e. The van der Waals surface area contributed by atoms with Crippen LogP contribution in [-0.4, -0.2) is 36.7 Å². The van der Waals surface area contributed by atoms with E-state index in [1.54, 1.807) is 38.3 Å². The normalized spacial score (nSPS) is 11.5. The molecule has 1 aromatic rings. The van der Waals surface area contributed by atoms with Gasteiger partial charge in [-0.1, -0.05) is 6.07 Å². The van der Waals surface area contributed by atoms with E-state index in [9.17, 15) is 9.59 Å². The second-order valence-electron chi connectivity index (χ2n) is 4.23. The van der Waals surface area contributed by atoms with Crippen LogP contribution >= 0.6 is 0 Å². The Morgan fingerprint density at radius 1 is 1.35 bits per heavy atom. The largest absolute Gasteiger partial charge is 0.497 e. The van der Waals surface area contributed by atoms with Gasteiger partial charge >= 0.3 is 5.97 Å². The molecular formula is C14H19NO5. The first-order valence-electron chi connectivity index (χ1n) is 6.33. The number of nitrogens with one attached hydrogen (secondary N) is 1. The minimum Gasteiger partial charge on any atom is -0.497 e. The molecule has 0 aromatic heterocycles. The van der Waals surface area contributed by atoms with E-state index in [1.807, 2.05) is 0 Å². The van der Waals surface area contributed by atoms with E-state index in [0.717, 1.165) is 0 Å². The number of ether oxygens (including phenoxy) is 2. The van der Waals surface area contributed by atoms with Gasteiger partial charge in [0.2, 0.25) is 0 Å². The minimum absolute atomic E-state index is 0.0331. The summed E-state index contributed by atoms with van der Waals surface area (Å²) in [5, 5.41) is 11.1. The number of benzene rings is 1. The molecule has 20 heavy (non-hydrogen) atoms. The van der Waals surface area contributed by atoms with Crippen molar-refractivity contribution in [3.63, 3.8) is 0 Å². The van der Waals surface area contributed by atoms with E-state index in [1.165, 1.54) is 0 Å². The number of carboxylic acid groups (broad SMARTS) is 1. The number of aliphatic carboxylic acids is 1. The first-order chi connectivity index (χ1) is 9.52. The molecule has 0 bridgehead atoms. The molecule has 6 nitrogen and oxygen atoms in total. The average molecular weight is 281 g/mol. The molecule has 0 fully saturated rings. The number of methoxy groups -OCH3 is 1. The lowest BCUT2D eigenvalue weighted by molar-refractivity contribution is -0.137. The molecule has 0 aliphatic heterocycles. The summed E-state index contributed by atoms with van der Waals surface area (Å²) >= 11 is 0. The molecule has 1 atom stereocenters. The summed E-state index contributed by atoms with van der Waals surface area (Å²) in [7, 11) is 1.55. The second kappa shape index (κ2) is 8.04. The van der Waals surface area contributed by atoms with Crippen LogP contribution in [0, 0.1) is 0 Å². The third-order valence-electron chi connectivity index (χ3n) is 2.59. The number of amides is 1. The van der Waals surface area contributed by atoms with E-state index in [4.69, 9.17) is 14.6 Å². The van der Waals surface area contributed by atoms with Gasteiger partial charge < -0.3 is 19.9 Å². The lowest BCUT2D eigenvalue weighted by Crippen LogP contribution is -2.36. The van der Waals surface area contributed by atoms with Gasteiger partial charge in [0.05, 0.1) is 7.11 Å². The van der Waals surface area contributed by atoms with Crippen molar-refractivity contribution >= 4 is 11.9 Å². The molecule has 0 saturated heterocycles. The Morgan fingerprint density at radius 2 is 2.05 bits per heavy atom. The molecule has 2 N–H and O–H groups in total. The van der Waals surface area contributed by atoms with E-state index in [-0.39, 0.29) is 12.3 Å². The lowest BCUT2D eigenvalue weighted by atomic mass is 10.3. The van der Waals surface area contributed by atoms with Crippen molar-refractivity contribution in [3.05, 3.63) is 24.3 Å². The van der Waals surface area contributed by atoms with Gasteiger partial charge in [0.1, 0.15) is 11.5 Å². The van der Waals surface area contributed by atoms with Crippen LogP contribution in [0.5, 0.6) is 11.5 Å². The number of hydrogen-bond acceptors (Lipinski definition) is 4. The van der Waals surface area contributed by atoms with Crippen LogP contribution < -0.4 is 14.8 Å². The van der Waals surface area contributed by atoms with E-state index in [2.05, 4.69) is 5.32 Å². The maximum atomic E-state index is 11.7. The summed E-state index contributed by atoms with van der Waals surface area (Å²) in [5.41, 5.74) is 0. The number of carbonyl (C=O) groups excluding carboxylic acids is 1. The first kappa shape index (κ1) is 15.8. The fourth-order valence-electron chi connectivity index (χ4n) is 1.53. The van der Waals surface area contributed by atoms with Crippen molar-refractivity contribution in [2.45, 2.75) is 25.9 Å². The summed E-state index contributed by atoms with van der Waals surface area (Å²) in [6.45, 7) is 1.95. The minimum atomic E-state index is -0.875. The highest BCUT2D eigenvalue weighted by Gasteiger charge is 2.14. The average Bonchev–Trinajstić information content (AvgIpc) is 2.43. The quantitative estimate of drug-likeness (QED) is 0.704. The second-order valence-corrected chi connectivity index (χ2v) is 4.23. The Bertz CT molecular complexity index is 461. The lowest BCUT2D eigenvalue weighted by Gasteiger charge is -2.15. The van der Waals surface area contributed by atoms with Crippen LogP contribution in [-0.2, 0) is 9.59 Å². The van der Waals surface area contributed by atoms with E-state index < -0.39 is 12.1 Å². The molecule has 0 aliphatic rings. The Balaban J connectivity index is 2.38. The van der Waals surface area contributed by atoms with Gasteiger partial charge in [-0.15, -0.1) is 0 Å². The predicted octanol–water partition coefficient (Wildman–Crippen LogP) is 1.44. The highest BCUT2D eigenvalue weighted by atomic mass is 16.5. The Hall–Kier alpha value is -2.24. The summed E-state index contributed by atoms with van der Waals surface area (Å²) in [6, 6.07) is 6.97. The van der Waals surface area contributed by atoms with Gasteiger partial charge in [-0.3, -0.25) is 9.59 Å². The molecule has 0 spiro atoms. The van der Waals surface area contributed by atoms with Gasteiger partial charge in [-0.25, -0.2) is 0 Å². The summed E-state index contributed by atoms with van der Waals surface area (Å²) in [6.07, 6.45) is -0.231. The zero-order chi connectivity index (χ0) is 15.0. The van der Waals surface area contributed by atoms with Crippen molar-refractivity contribution in [1.29, 1.82) is 0 Å². The molecule has 0 aliphatic carbocycles.